The molecule has 0 aliphatic heterocycles. The Labute approximate surface area is 183 Å². The molecule has 0 spiro atoms. The highest BCUT2D eigenvalue weighted by molar-refractivity contribution is 5.96. The van der Waals surface area contributed by atoms with Crippen LogP contribution in [-0.4, -0.2) is 47.5 Å². The standard InChI is InChI=1S/C24H31NO6/c1-27-19-11-10-15(12-20(19)28-2)17-8-6-7-9-18(17)25-24(26)16-13-21(29-3)23(31-5)22(14-16)30-4/h10-14,17-18H,6-9H2,1-5H3,(H,25,26)/t17-,18-/m1/s1. The van der Waals surface area contributed by atoms with Gasteiger partial charge in [-0.15, -0.1) is 0 Å². The minimum atomic E-state index is -0.170. The van der Waals surface area contributed by atoms with Crippen molar-refractivity contribution < 1.29 is 28.5 Å². The second-order valence-corrected chi connectivity index (χ2v) is 7.50. The lowest BCUT2D eigenvalue weighted by atomic mass is 9.79. The van der Waals surface area contributed by atoms with Crippen LogP contribution in [0.4, 0.5) is 0 Å². The smallest absolute Gasteiger partial charge is 0.251 e. The Morgan fingerprint density at radius 2 is 1.39 bits per heavy atom. The highest BCUT2D eigenvalue weighted by Crippen LogP contribution is 2.40. The van der Waals surface area contributed by atoms with Gasteiger partial charge in [-0.05, 0) is 42.7 Å². The molecule has 1 N–H and O–H groups in total. The van der Waals surface area contributed by atoms with Crippen LogP contribution in [0.2, 0.25) is 0 Å². The Kier molecular flexibility index (Phi) is 7.50. The molecule has 1 aliphatic carbocycles. The maximum atomic E-state index is 13.1. The lowest BCUT2D eigenvalue weighted by molar-refractivity contribution is 0.0920. The first-order chi connectivity index (χ1) is 15.1. The number of amides is 1. The lowest BCUT2D eigenvalue weighted by Gasteiger charge is -2.33. The molecule has 168 valence electrons. The molecular formula is C24H31NO6. The quantitative estimate of drug-likeness (QED) is 0.678. The zero-order valence-corrected chi connectivity index (χ0v) is 18.8. The van der Waals surface area contributed by atoms with E-state index in [2.05, 4.69) is 11.4 Å². The van der Waals surface area contributed by atoms with Crippen molar-refractivity contribution in [3.63, 3.8) is 0 Å². The monoisotopic (exact) mass is 429 g/mol. The van der Waals surface area contributed by atoms with Gasteiger partial charge in [0.1, 0.15) is 0 Å². The van der Waals surface area contributed by atoms with Gasteiger partial charge in [0, 0.05) is 17.5 Å². The number of methoxy groups -OCH3 is 5. The molecule has 0 heterocycles. The van der Waals surface area contributed by atoms with E-state index in [0.29, 0.717) is 34.3 Å². The van der Waals surface area contributed by atoms with Gasteiger partial charge in [0.05, 0.1) is 35.5 Å². The zero-order valence-electron chi connectivity index (χ0n) is 18.8. The minimum Gasteiger partial charge on any atom is -0.493 e. The van der Waals surface area contributed by atoms with Crippen LogP contribution in [0, 0.1) is 0 Å². The average Bonchev–Trinajstić information content (AvgIpc) is 2.82. The Balaban J connectivity index is 1.86. The normalized spacial score (nSPS) is 18.1. The van der Waals surface area contributed by atoms with Crippen molar-refractivity contribution in [2.24, 2.45) is 0 Å². The summed E-state index contributed by atoms with van der Waals surface area (Å²) in [4.78, 5) is 13.1. The number of benzene rings is 2. The minimum absolute atomic E-state index is 0.0124. The molecule has 31 heavy (non-hydrogen) atoms. The Morgan fingerprint density at radius 1 is 0.774 bits per heavy atom. The molecule has 0 unspecified atom stereocenters. The third kappa shape index (κ3) is 4.81. The number of hydrogen-bond acceptors (Lipinski definition) is 6. The van der Waals surface area contributed by atoms with E-state index in [4.69, 9.17) is 23.7 Å². The van der Waals surface area contributed by atoms with Crippen LogP contribution in [0.3, 0.4) is 0 Å². The summed E-state index contributed by atoms with van der Waals surface area (Å²) in [5.41, 5.74) is 1.60. The highest BCUT2D eigenvalue weighted by atomic mass is 16.5. The summed E-state index contributed by atoms with van der Waals surface area (Å²) in [5.74, 6) is 2.78. The fourth-order valence-corrected chi connectivity index (χ4v) is 4.25. The zero-order chi connectivity index (χ0) is 22.4. The summed E-state index contributed by atoms with van der Waals surface area (Å²) in [6.45, 7) is 0. The van der Waals surface area contributed by atoms with Crippen LogP contribution >= 0.6 is 0 Å². The topological polar surface area (TPSA) is 75.3 Å². The Hall–Kier alpha value is -3.09. The van der Waals surface area contributed by atoms with Crippen molar-refractivity contribution >= 4 is 5.91 Å². The second-order valence-electron chi connectivity index (χ2n) is 7.50. The molecule has 1 amide bonds. The number of carbonyl (C=O) groups excluding carboxylic acids is 1. The molecule has 2 aromatic carbocycles. The summed E-state index contributed by atoms with van der Waals surface area (Å²) in [6, 6.07) is 9.33. The van der Waals surface area contributed by atoms with Gasteiger partial charge in [-0.3, -0.25) is 4.79 Å². The largest absolute Gasteiger partial charge is 0.493 e. The van der Waals surface area contributed by atoms with Gasteiger partial charge in [0.25, 0.3) is 5.91 Å². The van der Waals surface area contributed by atoms with Crippen molar-refractivity contribution in [1.82, 2.24) is 5.32 Å². The molecule has 1 aliphatic rings. The maximum Gasteiger partial charge on any atom is 0.251 e. The second kappa shape index (κ2) is 10.3. The summed E-state index contributed by atoms with van der Waals surface area (Å²) < 4.78 is 27.0. The predicted octanol–water partition coefficient (Wildman–Crippen LogP) is 4.19. The summed E-state index contributed by atoms with van der Waals surface area (Å²) >= 11 is 0. The Morgan fingerprint density at radius 3 is 1.97 bits per heavy atom. The van der Waals surface area contributed by atoms with E-state index >= 15 is 0 Å². The van der Waals surface area contributed by atoms with Crippen LogP contribution in [0.25, 0.3) is 0 Å². The van der Waals surface area contributed by atoms with Crippen LogP contribution in [0.15, 0.2) is 30.3 Å². The van der Waals surface area contributed by atoms with Crippen LogP contribution < -0.4 is 29.0 Å². The first-order valence-electron chi connectivity index (χ1n) is 10.4. The number of rotatable bonds is 8. The van der Waals surface area contributed by atoms with Gasteiger partial charge in [-0.2, -0.15) is 0 Å². The van der Waals surface area contributed by atoms with E-state index in [1.165, 1.54) is 21.3 Å². The van der Waals surface area contributed by atoms with Crippen molar-refractivity contribution in [2.45, 2.75) is 37.6 Å². The van der Waals surface area contributed by atoms with Gasteiger partial charge < -0.3 is 29.0 Å². The average molecular weight is 430 g/mol. The molecule has 0 saturated heterocycles. The van der Waals surface area contributed by atoms with E-state index in [-0.39, 0.29) is 17.9 Å². The number of nitrogens with one attached hydrogen (secondary N) is 1. The van der Waals surface area contributed by atoms with E-state index in [1.807, 2.05) is 12.1 Å². The highest BCUT2D eigenvalue weighted by Gasteiger charge is 2.29. The Bertz CT molecular complexity index is 888. The van der Waals surface area contributed by atoms with Gasteiger partial charge in [-0.25, -0.2) is 0 Å². The molecule has 0 radical (unpaired) electrons. The number of ether oxygens (including phenoxy) is 5. The maximum absolute atomic E-state index is 13.1. The molecule has 3 rings (SSSR count). The van der Waals surface area contributed by atoms with Crippen molar-refractivity contribution in [1.29, 1.82) is 0 Å². The van der Waals surface area contributed by atoms with Crippen molar-refractivity contribution in [2.75, 3.05) is 35.5 Å². The van der Waals surface area contributed by atoms with Gasteiger partial charge in [-0.1, -0.05) is 18.9 Å². The molecule has 2 atom stereocenters. The first-order valence-corrected chi connectivity index (χ1v) is 10.4. The van der Waals surface area contributed by atoms with Gasteiger partial charge in [0.2, 0.25) is 5.75 Å². The first kappa shape index (κ1) is 22.6. The van der Waals surface area contributed by atoms with Crippen molar-refractivity contribution in [3.8, 4) is 28.7 Å². The van der Waals surface area contributed by atoms with E-state index in [1.54, 1.807) is 26.4 Å². The summed E-state index contributed by atoms with van der Waals surface area (Å²) in [6.07, 6.45) is 4.10. The molecular weight excluding hydrogens is 398 g/mol. The SMILES string of the molecule is COc1ccc([C@H]2CCCC[C@H]2NC(=O)c2cc(OC)c(OC)c(OC)c2)cc1OC. The lowest BCUT2D eigenvalue weighted by Crippen LogP contribution is -2.41. The number of hydrogen-bond donors (Lipinski definition) is 1. The summed E-state index contributed by atoms with van der Waals surface area (Å²) in [5, 5.41) is 3.23. The predicted molar refractivity (Wildman–Crippen MR) is 118 cm³/mol. The van der Waals surface area contributed by atoms with E-state index in [0.717, 1.165) is 31.2 Å². The van der Waals surface area contributed by atoms with Crippen LogP contribution in [0.1, 0.15) is 47.5 Å². The van der Waals surface area contributed by atoms with E-state index < -0.39 is 0 Å². The fourth-order valence-electron chi connectivity index (χ4n) is 4.25. The molecule has 7 nitrogen and oxygen atoms in total. The summed E-state index contributed by atoms with van der Waals surface area (Å²) in [7, 11) is 7.86. The molecule has 0 aromatic heterocycles. The van der Waals surface area contributed by atoms with Gasteiger partial charge in [0.15, 0.2) is 23.0 Å². The molecule has 0 bridgehead atoms. The van der Waals surface area contributed by atoms with Gasteiger partial charge >= 0.3 is 0 Å². The van der Waals surface area contributed by atoms with Crippen LogP contribution in [-0.2, 0) is 0 Å². The molecule has 1 saturated carbocycles. The third-order valence-electron chi connectivity index (χ3n) is 5.85. The fraction of sp³-hybridized carbons (Fsp3) is 0.458. The molecule has 2 aromatic rings. The third-order valence-corrected chi connectivity index (χ3v) is 5.85. The molecule has 7 heteroatoms. The van der Waals surface area contributed by atoms with Crippen LogP contribution in [0.5, 0.6) is 28.7 Å². The molecule has 1 fully saturated rings. The number of carbonyl (C=O) groups is 1. The van der Waals surface area contributed by atoms with Crippen molar-refractivity contribution in [3.05, 3.63) is 41.5 Å². The van der Waals surface area contributed by atoms with E-state index in [9.17, 15) is 4.79 Å².